The van der Waals surface area contributed by atoms with Gasteiger partial charge in [-0.3, -0.25) is 9.40 Å². The van der Waals surface area contributed by atoms with Crippen molar-refractivity contribution in [3.05, 3.63) is 87.4 Å². The SMILES string of the molecule is CN(c1ccccc1CNc1nc(-c2cc(F)c(O[Si](C)(C)C(C)(C)C)cc2CC(F)(F)F)nc2[nH]nc(I)c12)S(=O)(=O)c1ccccc1. The van der Waals surface area contributed by atoms with E-state index >= 15 is 4.39 Å². The number of benzene rings is 3. The lowest BCUT2D eigenvalue weighted by Crippen LogP contribution is -2.44. The van der Waals surface area contributed by atoms with E-state index in [0.717, 1.165) is 12.1 Å². The van der Waals surface area contributed by atoms with Gasteiger partial charge in [0.2, 0.25) is 0 Å². The van der Waals surface area contributed by atoms with Crippen LogP contribution in [0.25, 0.3) is 22.4 Å². The van der Waals surface area contributed by atoms with Crippen LogP contribution in [0.5, 0.6) is 5.75 Å². The van der Waals surface area contributed by atoms with E-state index < -0.39 is 36.8 Å². The Labute approximate surface area is 296 Å². The standard InChI is InChI=1S/C33H35F4IN6O3SSi/c1-32(2,3)49(5,6)47-26-16-21(18-33(35,36)37)23(17-24(26)34)29-40-30(27-28(38)42-43-31(27)41-29)39-19-20-12-10-11-15-25(20)44(4)48(45,46)22-13-8-7-9-14-22/h7-17H,18-19H2,1-6H3,(H2,39,40,41,42,43). The van der Waals surface area contributed by atoms with E-state index in [1.165, 1.54) is 23.5 Å². The number of H-pyrrole nitrogens is 1. The zero-order valence-corrected chi connectivity index (χ0v) is 31.6. The molecule has 2 aromatic heterocycles. The van der Waals surface area contributed by atoms with Crippen molar-refractivity contribution in [3.8, 4) is 17.1 Å². The second kappa shape index (κ2) is 13.5. The van der Waals surface area contributed by atoms with Gasteiger partial charge in [0.25, 0.3) is 18.3 Å². The summed E-state index contributed by atoms with van der Waals surface area (Å²) in [4.78, 5) is 9.14. The average molecular weight is 827 g/mol. The van der Waals surface area contributed by atoms with E-state index in [1.54, 1.807) is 42.5 Å². The molecule has 0 bridgehead atoms. The molecule has 5 rings (SSSR count). The molecule has 0 saturated carbocycles. The molecule has 0 amide bonds. The minimum atomic E-state index is -4.62. The molecule has 0 unspecified atom stereocenters. The van der Waals surface area contributed by atoms with Gasteiger partial charge in [0.15, 0.2) is 17.3 Å². The maximum Gasteiger partial charge on any atom is 0.393 e. The van der Waals surface area contributed by atoms with Gasteiger partial charge in [-0.1, -0.05) is 57.2 Å². The number of nitrogens with zero attached hydrogens (tertiary/aromatic N) is 4. The molecule has 0 aliphatic heterocycles. The first kappa shape index (κ1) is 36.5. The molecule has 2 heterocycles. The third kappa shape index (κ3) is 7.85. The zero-order valence-electron chi connectivity index (χ0n) is 27.6. The molecule has 0 saturated heterocycles. The summed E-state index contributed by atoms with van der Waals surface area (Å²) in [6.07, 6.45) is -5.98. The number of hydrogen-bond acceptors (Lipinski definition) is 7. The highest BCUT2D eigenvalue weighted by Gasteiger charge is 2.40. The third-order valence-corrected chi connectivity index (χ3v) is 15.4. The lowest BCUT2D eigenvalue weighted by Gasteiger charge is -2.36. The van der Waals surface area contributed by atoms with Crippen molar-refractivity contribution >= 4 is 63.5 Å². The first-order chi connectivity index (χ1) is 22.8. The van der Waals surface area contributed by atoms with Gasteiger partial charge >= 0.3 is 6.18 Å². The largest absolute Gasteiger partial charge is 0.542 e. The van der Waals surface area contributed by atoms with E-state index in [-0.39, 0.29) is 50.6 Å². The van der Waals surface area contributed by atoms with E-state index in [9.17, 15) is 21.6 Å². The minimum absolute atomic E-state index is 0.0701. The summed E-state index contributed by atoms with van der Waals surface area (Å²) in [7, 11) is -5.04. The molecule has 5 aromatic rings. The fourth-order valence-corrected chi connectivity index (χ4v) is 7.74. The monoisotopic (exact) mass is 826 g/mol. The average Bonchev–Trinajstić information content (AvgIpc) is 3.40. The predicted molar refractivity (Wildman–Crippen MR) is 193 cm³/mol. The molecule has 0 aliphatic rings. The van der Waals surface area contributed by atoms with Gasteiger partial charge in [-0.25, -0.2) is 22.8 Å². The van der Waals surface area contributed by atoms with Crippen molar-refractivity contribution < 1.29 is 30.4 Å². The van der Waals surface area contributed by atoms with Crippen molar-refractivity contribution in [1.29, 1.82) is 0 Å². The summed E-state index contributed by atoms with van der Waals surface area (Å²) < 4.78 is 91.9. The topological polar surface area (TPSA) is 113 Å². The minimum Gasteiger partial charge on any atom is -0.542 e. The predicted octanol–water partition coefficient (Wildman–Crippen LogP) is 8.69. The second-order valence-electron chi connectivity index (χ2n) is 13.0. The maximum atomic E-state index is 15.7. The van der Waals surface area contributed by atoms with E-state index in [1.807, 2.05) is 56.5 Å². The molecule has 9 nitrogen and oxygen atoms in total. The van der Waals surface area contributed by atoms with E-state index in [2.05, 4.69) is 25.5 Å². The van der Waals surface area contributed by atoms with Crippen LogP contribution < -0.4 is 14.0 Å². The summed E-state index contributed by atoms with van der Waals surface area (Å²) in [6, 6.07) is 17.0. The molecule has 260 valence electrons. The molecular formula is C33H35F4IN6O3SSi. The number of sulfonamides is 1. The van der Waals surface area contributed by atoms with Crippen molar-refractivity contribution in [3.63, 3.8) is 0 Å². The highest BCUT2D eigenvalue weighted by Crippen LogP contribution is 2.41. The summed E-state index contributed by atoms with van der Waals surface area (Å²) in [5.41, 5.74) is 0.806. The van der Waals surface area contributed by atoms with Gasteiger partial charge in [0, 0.05) is 19.2 Å². The number of rotatable bonds is 10. The number of nitrogens with one attached hydrogen (secondary N) is 2. The first-order valence-corrected chi connectivity index (χ1v) is 20.6. The Morgan fingerprint density at radius 2 is 1.63 bits per heavy atom. The van der Waals surface area contributed by atoms with Crippen LogP contribution in [0.15, 0.2) is 71.6 Å². The van der Waals surface area contributed by atoms with Gasteiger partial charge < -0.3 is 9.74 Å². The molecule has 0 atom stereocenters. The Kier molecular flexibility index (Phi) is 10.1. The maximum absolute atomic E-state index is 15.7. The smallest absolute Gasteiger partial charge is 0.393 e. The van der Waals surface area contributed by atoms with Crippen LogP contribution in [0.3, 0.4) is 0 Å². The fourth-order valence-electron chi connectivity index (χ4n) is 4.84. The Hall–Kier alpha value is -3.77. The van der Waals surface area contributed by atoms with Crippen LogP contribution in [0.4, 0.5) is 29.1 Å². The molecule has 2 N–H and O–H groups in total. The number of halogens is 5. The molecule has 0 aliphatic carbocycles. The number of aromatic nitrogens is 4. The molecule has 0 fully saturated rings. The van der Waals surface area contributed by atoms with Crippen LogP contribution in [0, 0.1) is 9.52 Å². The summed E-state index contributed by atoms with van der Waals surface area (Å²) in [5.74, 6) is -1.04. The van der Waals surface area contributed by atoms with E-state index in [0.29, 0.717) is 20.3 Å². The lowest BCUT2D eigenvalue weighted by atomic mass is 10.0. The van der Waals surface area contributed by atoms with Gasteiger partial charge in [0.05, 0.1) is 22.4 Å². The van der Waals surface area contributed by atoms with Gasteiger partial charge in [0.1, 0.15) is 15.3 Å². The van der Waals surface area contributed by atoms with Crippen molar-refractivity contribution in [2.45, 2.75) is 62.9 Å². The second-order valence-corrected chi connectivity index (χ2v) is 20.7. The quantitative estimate of drug-likeness (QED) is 0.0824. The Morgan fingerprint density at radius 3 is 2.29 bits per heavy atom. The highest BCUT2D eigenvalue weighted by molar-refractivity contribution is 14.1. The van der Waals surface area contributed by atoms with Crippen LogP contribution >= 0.6 is 22.6 Å². The lowest BCUT2D eigenvalue weighted by molar-refractivity contribution is -0.127. The Bertz CT molecular complexity index is 2110. The highest BCUT2D eigenvalue weighted by atomic mass is 127. The number of alkyl halides is 3. The molecule has 16 heteroatoms. The molecular weight excluding hydrogens is 791 g/mol. The fraction of sp³-hybridized carbons (Fsp3) is 0.303. The number of para-hydroxylation sites is 1. The van der Waals surface area contributed by atoms with Gasteiger partial charge in [-0.05, 0) is 82.2 Å². The van der Waals surface area contributed by atoms with Crippen LogP contribution in [0.1, 0.15) is 31.9 Å². The molecule has 49 heavy (non-hydrogen) atoms. The molecule has 0 spiro atoms. The zero-order chi connectivity index (χ0) is 35.9. The van der Waals surface area contributed by atoms with Crippen molar-refractivity contribution in [2.75, 3.05) is 16.7 Å². The number of hydrogen-bond donors (Lipinski definition) is 2. The first-order valence-electron chi connectivity index (χ1n) is 15.1. The number of aromatic amines is 1. The van der Waals surface area contributed by atoms with Crippen LogP contribution in [0.2, 0.25) is 18.1 Å². The van der Waals surface area contributed by atoms with Gasteiger partial charge in [-0.15, -0.1) is 0 Å². The van der Waals surface area contributed by atoms with Crippen LogP contribution in [-0.4, -0.2) is 50.1 Å². The number of fused-ring (bicyclic) bond motifs is 1. The Morgan fingerprint density at radius 1 is 0.980 bits per heavy atom. The third-order valence-electron chi connectivity index (χ3n) is 8.51. The normalized spacial score (nSPS) is 12.7. The summed E-state index contributed by atoms with van der Waals surface area (Å²) >= 11 is 1.98. The van der Waals surface area contributed by atoms with Crippen molar-refractivity contribution in [1.82, 2.24) is 20.2 Å². The molecule has 0 radical (unpaired) electrons. The molecule has 3 aromatic carbocycles. The number of anilines is 2. The van der Waals surface area contributed by atoms with Gasteiger partial charge in [-0.2, -0.15) is 18.3 Å². The van der Waals surface area contributed by atoms with Crippen molar-refractivity contribution in [2.24, 2.45) is 0 Å². The summed E-state index contributed by atoms with van der Waals surface area (Å²) in [6.45, 7) is 9.68. The van der Waals surface area contributed by atoms with E-state index in [4.69, 9.17) is 4.43 Å². The van der Waals surface area contributed by atoms with Crippen LogP contribution in [-0.2, 0) is 23.0 Å². The summed E-state index contributed by atoms with van der Waals surface area (Å²) in [5, 5.41) is 10.3. The Balaban J connectivity index is 1.56.